The maximum absolute atomic E-state index is 11.9. The van der Waals surface area contributed by atoms with Crippen LogP contribution in [0.3, 0.4) is 0 Å². The van der Waals surface area contributed by atoms with Gasteiger partial charge in [0.25, 0.3) is 0 Å². The first-order chi connectivity index (χ1) is 8.31. The average molecular weight is 266 g/mol. The van der Waals surface area contributed by atoms with E-state index in [9.17, 15) is 13.2 Å². The highest BCUT2D eigenvalue weighted by atomic mass is 19.4. The van der Waals surface area contributed by atoms with Crippen molar-refractivity contribution in [2.45, 2.75) is 25.6 Å². The number of nitrogens with one attached hydrogen (secondary N) is 1. The summed E-state index contributed by atoms with van der Waals surface area (Å²) in [5, 5.41) is 4.15. The number of halogens is 3. The second-order valence-corrected chi connectivity index (χ2v) is 4.10. The van der Waals surface area contributed by atoms with E-state index in [1.54, 1.807) is 11.7 Å². The molecule has 0 spiro atoms. The fraction of sp³-hybridized carbons (Fsp3) is 0.700. The summed E-state index contributed by atoms with van der Waals surface area (Å²) in [6.45, 7) is 0.463. The van der Waals surface area contributed by atoms with Crippen LogP contribution in [-0.2, 0) is 18.2 Å². The molecule has 0 aliphatic rings. The van der Waals surface area contributed by atoms with Gasteiger partial charge in [-0.1, -0.05) is 0 Å². The molecular formula is C10H17F3N4O. The minimum Gasteiger partial charge on any atom is -0.370 e. The summed E-state index contributed by atoms with van der Waals surface area (Å²) in [6.07, 6.45) is -3.87. The predicted octanol–water partition coefficient (Wildman–Crippen LogP) is 0.682. The number of aromatic nitrogens is 2. The lowest BCUT2D eigenvalue weighted by Crippen LogP contribution is -2.41. The van der Waals surface area contributed by atoms with E-state index in [0.29, 0.717) is 6.42 Å². The van der Waals surface area contributed by atoms with E-state index in [0.717, 1.165) is 11.4 Å². The van der Waals surface area contributed by atoms with Crippen molar-refractivity contribution in [1.29, 1.82) is 0 Å². The Balaban J connectivity index is 2.45. The van der Waals surface area contributed by atoms with Crippen molar-refractivity contribution in [3.63, 3.8) is 0 Å². The highest BCUT2D eigenvalue weighted by molar-refractivity contribution is 5.09. The van der Waals surface area contributed by atoms with E-state index >= 15 is 0 Å². The third kappa shape index (κ3) is 5.03. The molecular weight excluding hydrogens is 249 g/mol. The first-order valence-corrected chi connectivity index (χ1v) is 5.42. The van der Waals surface area contributed by atoms with E-state index in [-0.39, 0.29) is 12.6 Å². The maximum Gasteiger partial charge on any atom is 0.411 e. The summed E-state index contributed by atoms with van der Waals surface area (Å²) in [7, 11) is 1.77. The van der Waals surface area contributed by atoms with Crippen LogP contribution in [0, 0.1) is 6.92 Å². The van der Waals surface area contributed by atoms with Crippen LogP contribution in [-0.4, -0.2) is 35.2 Å². The third-order valence-corrected chi connectivity index (χ3v) is 2.37. The van der Waals surface area contributed by atoms with E-state index in [1.807, 2.05) is 13.0 Å². The number of alkyl halides is 3. The number of hydrogen-bond acceptors (Lipinski definition) is 4. The Bertz CT molecular complexity index is 378. The van der Waals surface area contributed by atoms with Gasteiger partial charge in [-0.3, -0.25) is 16.0 Å². The normalized spacial score (nSPS) is 13.9. The molecule has 104 valence electrons. The molecule has 1 aromatic heterocycles. The van der Waals surface area contributed by atoms with Gasteiger partial charge in [0, 0.05) is 25.2 Å². The van der Waals surface area contributed by atoms with Crippen LogP contribution < -0.4 is 11.3 Å². The SMILES string of the molecule is Cc1cc(CC(COCC(F)(F)F)NN)n(C)n1. The van der Waals surface area contributed by atoms with Gasteiger partial charge in [-0.2, -0.15) is 18.3 Å². The molecule has 1 heterocycles. The summed E-state index contributed by atoms with van der Waals surface area (Å²) in [5.41, 5.74) is 4.17. The van der Waals surface area contributed by atoms with Crippen LogP contribution in [0.1, 0.15) is 11.4 Å². The number of ether oxygens (including phenoxy) is 1. The zero-order chi connectivity index (χ0) is 13.8. The number of hydrogen-bond donors (Lipinski definition) is 2. The molecule has 1 unspecified atom stereocenters. The van der Waals surface area contributed by atoms with E-state index in [4.69, 9.17) is 5.84 Å². The van der Waals surface area contributed by atoms with E-state index in [2.05, 4.69) is 15.3 Å². The van der Waals surface area contributed by atoms with Gasteiger partial charge < -0.3 is 4.74 Å². The zero-order valence-corrected chi connectivity index (χ0v) is 10.3. The molecule has 0 bridgehead atoms. The number of nitrogens with two attached hydrogens (primary N) is 1. The van der Waals surface area contributed by atoms with Crippen LogP contribution in [0.15, 0.2) is 6.07 Å². The van der Waals surface area contributed by atoms with Crippen LogP contribution in [0.4, 0.5) is 13.2 Å². The van der Waals surface area contributed by atoms with Crippen molar-refractivity contribution in [3.05, 3.63) is 17.5 Å². The average Bonchev–Trinajstić information content (AvgIpc) is 2.54. The lowest BCUT2D eigenvalue weighted by atomic mass is 10.1. The predicted molar refractivity (Wildman–Crippen MR) is 59.6 cm³/mol. The smallest absolute Gasteiger partial charge is 0.370 e. The topological polar surface area (TPSA) is 65.1 Å². The Kier molecular flexibility index (Phi) is 5.12. The molecule has 3 N–H and O–H groups in total. The van der Waals surface area contributed by atoms with Crippen molar-refractivity contribution < 1.29 is 17.9 Å². The second-order valence-electron chi connectivity index (χ2n) is 4.10. The lowest BCUT2D eigenvalue weighted by Gasteiger charge is -2.16. The van der Waals surface area contributed by atoms with E-state index in [1.165, 1.54) is 0 Å². The quantitative estimate of drug-likeness (QED) is 0.587. The zero-order valence-electron chi connectivity index (χ0n) is 10.3. The van der Waals surface area contributed by atoms with Crippen molar-refractivity contribution in [3.8, 4) is 0 Å². The molecule has 18 heavy (non-hydrogen) atoms. The summed E-state index contributed by atoms with van der Waals surface area (Å²) < 4.78 is 42.0. The van der Waals surface area contributed by atoms with Gasteiger partial charge >= 0.3 is 6.18 Å². The van der Waals surface area contributed by atoms with Gasteiger partial charge in [-0.05, 0) is 13.0 Å². The first-order valence-electron chi connectivity index (χ1n) is 5.42. The molecule has 0 saturated carbocycles. The summed E-state index contributed by atoms with van der Waals surface area (Å²) in [4.78, 5) is 0. The molecule has 0 radical (unpaired) electrons. The summed E-state index contributed by atoms with van der Waals surface area (Å²) >= 11 is 0. The number of rotatable bonds is 6. The van der Waals surface area contributed by atoms with Gasteiger partial charge in [-0.15, -0.1) is 0 Å². The summed E-state index contributed by atoms with van der Waals surface area (Å²) in [5.74, 6) is 5.29. The van der Waals surface area contributed by atoms with Gasteiger partial charge in [0.2, 0.25) is 0 Å². The fourth-order valence-electron chi connectivity index (χ4n) is 1.59. The van der Waals surface area contributed by atoms with Crippen molar-refractivity contribution in [1.82, 2.24) is 15.2 Å². The van der Waals surface area contributed by atoms with Gasteiger partial charge in [0.1, 0.15) is 6.61 Å². The maximum atomic E-state index is 11.9. The first kappa shape index (κ1) is 14.9. The molecule has 1 atom stereocenters. The van der Waals surface area contributed by atoms with Gasteiger partial charge in [0.05, 0.1) is 12.3 Å². The largest absolute Gasteiger partial charge is 0.411 e. The van der Waals surface area contributed by atoms with Crippen molar-refractivity contribution in [2.24, 2.45) is 12.9 Å². The molecule has 1 rings (SSSR count). The van der Waals surface area contributed by atoms with Gasteiger partial charge in [0.15, 0.2) is 0 Å². The number of nitrogens with zero attached hydrogens (tertiary/aromatic N) is 2. The molecule has 0 fully saturated rings. The molecule has 0 aliphatic heterocycles. The molecule has 8 heteroatoms. The Morgan fingerprint density at radius 3 is 2.67 bits per heavy atom. The van der Waals surface area contributed by atoms with Gasteiger partial charge in [-0.25, -0.2) is 0 Å². The fourth-order valence-corrected chi connectivity index (χ4v) is 1.59. The molecule has 0 amide bonds. The molecule has 1 aromatic rings. The Labute approximate surface area is 103 Å². The number of aryl methyl sites for hydroxylation is 2. The second kappa shape index (κ2) is 6.17. The van der Waals surface area contributed by atoms with E-state index < -0.39 is 12.8 Å². The molecule has 5 nitrogen and oxygen atoms in total. The Hall–Kier alpha value is -1.12. The minimum atomic E-state index is -4.32. The highest BCUT2D eigenvalue weighted by Gasteiger charge is 2.28. The third-order valence-electron chi connectivity index (χ3n) is 2.37. The Morgan fingerprint density at radius 1 is 1.56 bits per heavy atom. The van der Waals surface area contributed by atoms with Crippen molar-refractivity contribution in [2.75, 3.05) is 13.2 Å². The van der Waals surface area contributed by atoms with Crippen LogP contribution >= 0.6 is 0 Å². The molecule has 0 aliphatic carbocycles. The lowest BCUT2D eigenvalue weighted by molar-refractivity contribution is -0.175. The molecule has 0 saturated heterocycles. The van der Waals surface area contributed by atoms with Crippen LogP contribution in [0.2, 0.25) is 0 Å². The summed E-state index contributed by atoms with van der Waals surface area (Å²) in [6, 6.07) is 1.47. The minimum absolute atomic E-state index is 0.111. The van der Waals surface area contributed by atoms with Crippen LogP contribution in [0.5, 0.6) is 0 Å². The monoisotopic (exact) mass is 266 g/mol. The molecule has 0 aromatic carbocycles. The highest BCUT2D eigenvalue weighted by Crippen LogP contribution is 2.14. The standard InChI is InChI=1S/C10H17F3N4O/c1-7-3-9(17(2)16-7)4-8(15-14)5-18-6-10(11,12)13/h3,8,15H,4-6,14H2,1-2H3. The Morgan fingerprint density at radius 2 is 2.22 bits per heavy atom. The van der Waals surface area contributed by atoms with Crippen molar-refractivity contribution >= 4 is 0 Å². The van der Waals surface area contributed by atoms with Crippen LogP contribution in [0.25, 0.3) is 0 Å². The number of hydrazine groups is 1.